The molecule has 0 aliphatic heterocycles. The number of pyridine rings is 1. The van der Waals surface area contributed by atoms with Gasteiger partial charge in [-0.15, -0.1) is 0 Å². The minimum atomic E-state index is -0.247. The average molecular weight is 257 g/mol. The van der Waals surface area contributed by atoms with E-state index in [0.717, 1.165) is 11.3 Å². The first kappa shape index (κ1) is 11.6. The molecule has 0 fully saturated rings. The maximum Gasteiger partial charge on any atom is 0.159 e. The highest BCUT2D eigenvalue weighted by Gasteiger charge is 2.06. The van der Waals surface area contributed by atoms with Crippen LogP contribution in [0, 0.1) is 5.82 Å². The summed E-state index contributed by atoms with van der Waals surface area (Å²) in [5, 5.41) is 4.34. The molecule has 5 heteroatoms. The van der Waals surface area contributed by atoms with Crippen LogP contribution in [0.3, 0.4) is 0 Å². The van der Waals surface area contributed by atoms with E-state index in [2.05, 4.69) is 10.1 Å². The zero-order valence-electron chi connectivity index (χ0n) is 10.4. The van der Waals surface area contributed by atoms with Gasteiger partial charge < -0.3 is 4.74 Å². The molecule has 0 aliphatic rings. The fourth-order valence-electron chi connectivity index (χ4n) is 1.94. The van der Waals surface area contributed by atoms with Crippen LogP contribution in [0.25, 0.3) is 5.65 Å². The largest absolute Gasteiger partial charge is 0.497 e. The van der Waals surface area contributed by atoms with Crippen LogP contribution in [0.2, 0.25) is 0 Å². The summed E-state index contributed by atoms with van der Waals surface area (Å²) in [6, 6.07) is 10.1. The number of benzene rings is 1. The van der Waals surface area contributed by atoms with Crippen LogP contribution < -0.4 is 4.74 Å². The number of hydrogen-bond acceptors (Lipinski definition) is 3. The van der Waals surface area contributed by atoms with E-state index in [0.29, 0.717) is 17.9 Å². The van der Waals surface area contributed by atoms with E-state index in [1.165, 1.54) is 12.1 Å². The molecule has 0 radical (unpaired) electrons. The van der Waals surface area contributed by atoms with Gasteiger partial charge in [0.25, 0.3) is 0 Å². The second-order valence-electron chi connectivity index (χ2n) is 4.20. The molecule has 3 rings (SSSR count). The maximum atomic E-state index is 13.1. The van der Waals surface area contributed by atoms with Crippen LogP contribution in [0.15, 0.2) is 42.6 Å². The first-order chi connectivity index (χ1) is 9.24. The number of hydrogen-bond donors (Lipinski definition) is 0. The minimum Gasteiger partial charge on any atom is -0.497 e. The molecule has 0 aliphatic carbocycles. The molecule has 0 saturated carbocycles. The Morgan fingerprint density at radius 3 is 2.95 bits per heavy atom. The molecule has 0 bridgehead atoms. The van der Waals surface area contributed by atoms with Crippen molar-refractivity contribution in [3.05, 3.63) is 59.8 Å². The Balaban J connectivity index is 1.93. The van der Waals surface area contributed by atoms with Gasteiger partial charge in [-0.05, 0) is 23.8 Å². The molecule has 0 amide bonds. The lowest BCUT2D eigenvalue weighted by atomic mass is 10.1. The molecule has 2 aromatic heterocycles. The van der Waals surface area contributed by atoms with Gasteiger partial charge in [0, 0.05) is 18.7 Å². The zero-order valence-corrected chi connectivity index (χ0v) is 10.4. The van der Waals surface area contributed by atoms with Gasteiger partial charge >= 0.3 is 0 Å². The SMILES string of the molecule is COc1ccn2nc(Cc3cccc(F)c3)nc2c1. The third kappa shape index (κ3) is 2.40. The number of nitrogens with zero attached hydrogens (tertiary/aromatic N) is 3. The van der Waals surface area contributed by atoms with Gasteiger partial charge in [-0.25, -0.2) is 13.9 Å². The standard InChI is InChI=1S/C14H12FN3O/c1-19-12-5-6-18-14(9-12)16-13(17-18)8-10-3-2-4-11(15)7-10/h2-7,9H,8H2,1H3. The lowest BCUT2D eigenvalue weighted by molar-refractivity contribution is 0.414. The molecule has 19 heavy (non-hydrogen) atoms. The third-order valence-electron chi connectivity index (χ3n) is 2.84. The van der Waals surface area contributed by atoms with Crippen molar-refractivity contribution < 1.29 is 9.13 Å². The van der Waals surface area contributed by atoms with Crippen LogP contribution in [-0.2, 0) is 6.42 Å². The summed E-state index contributed by atoms with van der Waals surface area (Å²) in [7, 11) is 1.61. The molecular formula is C14H12FN3O. The highest BCUT2D eigenvalue weighted by Crippen LogP contribution is 2.14. The zero-order chi connectivity index (χ0) is 13.2. The molecule has 96 valence electrons. The maximum absolute atomic E-state index is 13.1. The third-order valence-corrected chi connectivity index (χ3v) is 2.84. The van der Waals surface area contributed by atoms with Crippen LogP contribution in [0.4, 0.5) is 4.39 Å². The molecule has 1 aromatic carbocycles. The Morgan fingerprint density at radius 2 is 2.16 bits per heavy atom. The van der Waals surface area contributed by atoms with Gasteiger partial charge in [0.05, 0.1) is 7.11 Å². The lowest BCUT2D eigenvalue weighted by Gasteiger charge is -1.97. The molecule has 0 saturated heterocycles. The van der Waals surface area contributed by atoms with Crippen molar-refractivity contribution >= 4 is 5.65 Å². The van der Waals surface area contributed by atoms with Gasteiger partial charge in [-0.3, -0.25) is 0 Å². The van der Waals surface area contributed by atoms with E-state index >= 15 is 0 Å². The summed E-state index contributed by atoms with van der Waals surface area (Å²) < 4.78 is 19.9. The molecule has 0 spiro atoms. The highest BCUT2D eigenvalue weighted by atomic mass is 19.1. The summed E-state index contributed by atoms with van der Waals surface area (Å²) >= 11 is 0. The molecule has 4 nitrogen and oxygen atoms in total. The van der Waals surface area contributed by atoms with E-state index in [9.17, 15) is 4.39 Å². The van der Waals surface area contributed by atoms with Crippen LogP contribution >= 0.6 is 0 Å². The normalized spacial score (nSPS) is 10.8. The van der Waals surface area contributed by atoms with Crippen molar-refractivity contribution in [2.24, 2.45) is 0 Å². The fourth-order valence-corrected chi connectivity index (χ4v) is 1.94. The molecule has 0 atom stereocenters. The van der Waals surface area contributed by atoms with E-state index in [4.69, 9.17) is 4.74 Å². The second-order valence-corrected chi connectivity index (χ2v) is 4.20. The predicted molar refractivity (Wildman–Crippen MR) is 68.7 cm³/mol. The van der Waals surface area contributed by atoms with Crippen molar-refractivity contribution in [2.45, 2.75) is 6.42 Å². The molecule has 0 unspecified atom stereocenters. The van der Waals surface area contributed by atoms with E-state index in [1.807, 2.05) is 18.2 Å². The number of halogens is 1. The van der Waals surface area contributed by atoms with Gasteiger partial charge in [0.2, 0.25) is 0 Å². The number of fused-ring (bicyclic) bond motifs is 1. The minimum absolute atomic E-state index is 0.247. The van der Waals surface area contributed by atoms with Crippen molar-refractivity contribution in [1.29, 1.82) is 0 Å². The summed E-state index contributed by atoms with van der Waals surface area (Å²) in [5.41, 5.74) is 1.56. The Bertz CT molecular complexity index is 724. The summed E-state index contributed by atoms with van der Waals surface area (Å²) in [4.78, 5) is 4.40. The van der Waals surface area contributed by atoms with Crippen molar-refractivity contribution in [2.75, 3.05) is 7.11 Å². The molecule has 0 N–H and O–H groups in total. The first-order valence-electron chi connectivity index (χ1n) is 5.88. The van der Waals surface area contributed by atoms with Crippen LogP contribution in [0.5, 0.6) is 5.75 Å². The Hall–Kier alpha value is -2.43. The Kier molecular flexibility index (Phi) is 2.87. The quantitative estimate of drug-likeness (QED) is 0.723. The van der Waals surface area contributed by atoms with E-state index < -0.39 is 0 Å². The van der Waals surface area contributed by atoms with Crippen molar-refractivity contribution in [1.82, 2.24) is 14.6 Å². The van der Waals surface area contributed by atoms with Crippen molar-refractivity contribution in [3.63, 3.8) is 0 Å². The average Bonchev–Trinajstić information content (AvgIpc) is 2.79. The summed E-state index contributed by atoms with van der Waals surface area (Å²) in [6.07, 6.45) is 2.29. The summed E-state index contributed by atoms with van der Waals surface area (Å²) in [5.74, 6) is 1.14. The Labute approximate surface area is 109 Å². The van der Waals surface area contributed by atoms with Gasteiger partial charge in [0.15, 0.2) is 11.5 Å². The monoisotopic (exact) mass is 257 g/mol. The topological polar surface area (TPSA) is 39.4 Å². The van der Waals surface area contributed by atoms with Crippen LogP contribution in [0.1, 0.15) is 11.4 Å². The molecule has 2 heterocycles. The second kappa shape index (κ2) is 4.68. The van der Waals surface area contributed by atoms with Gasteiger partial charge in [-0.2, -0.15) is 5.10 Å². The van der Waals surface area contributed by atoms with E-state index in [1.54, 1.807) is 23.9 Å². The lowest BCUT2D eigenvalue weighted by Crippen LogP contribution is -1.92. The molecular weight excluding hydrogens is 245 g/mol. The number of methoxy groups -OCH3 is 1. The van der Waals surface area contributed by atoms with E-state index in [-0.39, 0.29) is 5.82 Å². The van der Waals surface area contributed by atoms with Gasteiger partial charge in [-0.1, -0.05) is 12.1 Å². The number of aromatic nitrogens is 3. The number of ether oxygens (including phenoxy) is 1. The highest BCUT2D eigenvalue weighted by molar-refractivity contribution is 5.43. The smallest absolute Gasteiger partial charge is 0.159 e. The molecule has 3 aromatic rings. The van der Waals surface area contributed by atoms with Crippen LogP contribution in [-0.4, -0.2) is 21.7 Å². The Morgan fingerprint density at radius 1 is 1.26 bits per heavy atom. The fraction of sp³-hybridized carbons (Fsp3) is 0.143. The predicted octanol–water partition coefficient (Wildman–Crippen LogP) is 2.47. The first-order valence-corrected chi connectivity index (χ1v) is 5.88. The summed E-state index contributed by atoms with van der Waals surface area (Å²) in [6.45, 7) is 0. The van der Waals surface area contributed by atoms with Gasteiger partial charge in [0.1, 0.15) is 11.6 Å². The number of rotatable bonds is 3. The van der Waals surface area contributed by atoms with Crippen molar-refractivity contribution in [3.8, 4) is 5.75 Å².